The maximum absolute atomic E-state index is 12.5. The molecule has 0 saturated heterocycles. The van der Waals surface area contributed by atoms with Crippen molar-refractivity contribution in [1.82, 2.24) is 5.32 Å². The lowest BCUT2D eigenvalue weighted by atomic mass is 9.68. The maximum Gasteiger partial charge on any atom is 0.251 e. The minimum absolute atomic E-state index is 0.0754. The predicted octanol–water partition coefficient (Wildman–Crippen LogP) is 3.94. The molecule has 3 unspecified atom stereocenters. The first-order valence-electron chi connectivity index (χ1n) is 7.53. The second-order valence-electron chi connectivity index (χ2n) is 7.49. The molecule has 114 valence electrons. The number of fused-ring (bicyclic) bond motifs is 2. The van der Waals surface area contributed by atoms with Crippen molar-refractivity contribution in [2.24, 2.45) is 16.7 Å². The number of carbonyl (C=O) groups is 1. The van der Waals surface area contributed by atoms with E-state index in [1.165, 1.54) is 19.3 Å². The fourth-order valence-electron chi connectivity index (χ4n) is 4.53. The smallest absolute Gasteiger partial charge is 0.251 e. The third-order valence-electron chi connectivity index (χ3n) is 5.75. The normalized spacial score (nSPS) is 33.1. The Morgan fingerprint density at radius 2 is 2.10 bits per heavy atom. The molecule has 1 amide bonds. The summed E-state index contributed by atoms with van der Waals surface area (Å²) in [4.78, 5) is 12.5. The number of nitrogens with one attached hydrogen (secondary N) is 1. The quantitative estimate of drug-likeness (QED) is 0.741. The number of aromatic hydroxyl groups is 1. The Balaban J connectivity index is 1.83. The van der Waals surface area contributed by atoms with Crippen LogP contribution in [0.4, 0.5) is 0 Å². The van der Waals surface area contributed by atoms with E-state index in [0.717, 1.165) is 3.57 Å². The molecule has 3 rings (SSSR count). The monoisotopic (exact) mass is 399 g/mol. The fraction of sp³-hybridized carbons (Fsp3) is 0.588. The third-order valence-corrected chi connectivity index (χ3v) is 6.67. The van der Waals surface area contributed by atoms with Crippen molar-refractivity contribution >= 4 is 28.5 Å². The summed E-state index contributed by atoms with van der Waals surface area (Å²) in [6.45, 7) is 6.86. The molecule has 2 aliphatic carbocycles. The first-order chi connectivity index (χ1) is 9.74. The Morgan fingerprint density at radius 3 is 2.67 bits per heavy atom. The Kier molecular flexibility index (Phi) is 3.50. The molecular formula is C17H22INO2. The Morgan fingerprint density at radius 1 is 1.38 bits per heavy atom. The van der Waals surface area contributed by atoms with Crippen LogP contribution < -0.4 is 5.32 Å². The van der Waals surface area contributed by atoms with Gasteiger partial charge in [0.2, 0.25) is 0 Å². The lowest BCUT2D eigenvalue weighted by Gasteiger charge is -2.43. The van der Waals surface area contributed by atoms with Crippen molar-refractivity contribution in [2.45, 2.75) is 46.1 Å². The molecular weight excluding hydrogens is 377 g/mol. The van der Waals surface area contributed by atoms with Gasteiger partial charge in [0.25, 0.3) is 5.91 Å². The summed E-state index contributed by atoms with van der Waals surface area (Å²) < 4.78 is 0.761. The average Bonchev–Trinajstić information content (AvgIpc) is 2.89. The van der Waals surface area contributed by atoms with Crippen molar-refractivity contribution in [1.29, 1.82) is 0 Å². The molecule has 0 aromatic heterocycles. The summed E-state index contributed by atoms with van der Waals surface area (Å²) >= 11 is 2.06. The number of halogens is 1. The Labute approximate surface area is 139 Å². The summed E-state index contributed by atoms with van der Waals surface area (Å²) in [5.74, 6) is 0.799. The van der Waals surface area contributed by atoms with E-state index in [9.17, 15) is 9.90 Å². The van der Waals surface area contributed by atoms with E-state index in [2.05, 4.69) is 48.7 Å². The number of amides is 1. The molecule has 21 heavy (non-hydrogen) atoms. The zero-order valence-corrected chi connectivity index (χ0v) is 14.9. The van der Waals surface area contributed by atoms with Crippen LogP contribution in [0.5, 0.6) is 5.75 Å². The lowest BCUT2D eigenvalue weighted by molar-refractivity contribution is 0.0737. The summed E-state index contributed by atoms with van der Waals surface area (Å²) in [5, 5.41) is 13.0. The van der Waals surface area contributed by atoms with E-state index in [0.29, 0.717) is 11.5 Å². The van der Waals surface area contributed by atoms with Gasteiger partial charge in [0, 0.05) is 11.6 Å². The average molecular weight is 399 g/mol. The number of rotatable bonds is 2. The standard InChI is InChI=1S/C17H22INO2/c1-16(2)11-6-7-17(3,9-11)15(16)19-14(21)10-4-5-12(18)13(20)8-10/h4-5,8,11,15,20H,6-7,9H2,1-3H3,(H,19,21). The summed E-state index contributed by atoms with van der Waals surface area (Å²) in [6, 6.07) is 5.31. The van der Waals surface area contributed by atoms with Crippen LogP contribution in [0.2, 0.25) is 0 Å². The number of hydrogen-bond acceptors (Lipinski definition) is 2. The highest BCUT2D eigenvalue weighted by Gasteiger charge is 2.59. The molecule has 3 nitrogen and oxygen atoms in total. The van der Waals surface area contributed by atoms with Gasteiger partial charge in [0.05, 0.1) is 3.57 Å². The van der Waals surface area contributed by atoms with Crippen molar-refractivity contribution in [3.05, 3.63) is 27.3 Å². The van der Waals surface area contributed by atoms with Crippen molar-refractivity contribution in [3.8, 4) is 5.75 Å². The van der Waals surface area contributed by atoms with Crippen LogP contribution in [0, 0.1) is 20.3 Å². The highest BCUT2D eigenvalue weighted by Crippen LogP contribution is 2.62. The number of hydrogen-bond donors (Lipinski definition) is 2. The SMILES string of the molecule is CC12CCC(C1)C(C)(C)C2NC(=O)c1ccc(I)c(O)c1. The van der Waals surface area contributed by atoms with Gasteiger partial charge in [-0.15, -0.1) is 0 Å². The first-order valence-corrected chi connectivity index (χ1v) is 8.61. The molecule has 4 heteroatoms. The lowest BCUT2D eigenvalue weighted by Crippen LogP contribution is -2.52. The molecule has 2 fully saturated rings. The second kappa shape index (κ2) is 4.86. The molecule has 2 bridgehead atoms. The van der Waals surface area contributed by atoms with Crippen molar-refractivity contribution < 1.29 is 9.90 Å². The summed E-state index contributed by atoms with van der Waals surface area (Å²) in [7, 11) is 0. The van der Waals surface area contributed by atoms with Crippen LogP contribution in [-0.2, 0) is 0 Å². The van der Waals surface area contributed by atoms with E-state index in [1.54, 1.807) is 18.2 Å². The highest BCUT2D eigenvalue weighted by molar-refractivity contribution is 14.1. The van der Waals surface area contributed by atoms with Gasteiger partial charge >= 0.3 is 0 Å². The van der Waals surface area contributed by atoms with Gasteiger partial charge < -0.3 is 10.4 Å². The predicted molar refractivity (Wildman–Crippen MR) is 91.3 cm³/mol. The van der Waals surface area contributed by atoms with Gasteiger partial charge in [-0.2, -0.15) is 0 Å². The largest absolute Gasteiger partial charge is 0.507 e. The van der Waals surface area contributed by atoms with Crippen LogP contribution in [0.3, 0.4) is 0 Å². The molecule has 2 aliphatic rings. The van der Waals surface area contributed by atoms with Crippen LogP contribution in [0.15, 0.2) is 18.2 Å². The maximum atomic E-state index is 12.5. The molecule has 1 aromatic rings. The first kappa shape index (κ1) is 15.1. The van der Waals surface area contributed by atoms with Gasteiger partial charge in [0.15, 0.2) is 0 Å². The number of phenols is 1. The van der Waals surface area contributed by atoms with Gasteiger partial charge in [-0.25, -0.2) is 0 Å². The molecule has 0 heterocycles. The van der Waals surface area contributed by atoms with Crippen LogP contribution in [0.1, 0.15) is 50.4 Å². The van der Waals surface area contributed by atoms with E-state index in [4.69, 9.17) is 0 Å². The topological polar surface area (TPSA) is 49.3 Å². The van der Waals surface area contributed by atoms with Crippen LogP contribution in [0.25, 0.3) is 0 Å². The van der Waals surface area contributed by atoms with Gasteiger partial charge in [-0.05, 0) is 76.8 Å². The minimum Gasteiger partial charge on any atom is -0.507 e. The van der Waals surface area contributed by atoms with Crippen LogP contribution >= 0.6 is 22.6 Å². The van der Waals surface area contributed by atoms with E-state index in [-0.39, 0.29) is 28.5 Å². The van der Waals surface area contributed by atoms with Crippen LogP contribution in [-0.4, -0.2) is 17.1 Å². The number of phenolic OH excluding ortho intramolecular Hbond substituents is 1. The van der Waals surface area contributed by atoms with E-state index >= 15 is 0 Å². The van der Waals surface area contributed by atoms with E-state index < -0.39 is 0 Å². The number of carbonyl (C=O) groups excluding carboxylic acids is 1. The third kappa shape index (κ3) is 2.35. The molecule has 2 N–H and O–H groups in total. The molecule has 0 spiro atoms. The molecule has 0 radical (unpaired) electrons. The van der Waals surface area contributed by atoms with Crippen molar-refractivity contribution in [3.63, 3.8) is 0 Å². The highest BCUT2D eigenvalue weighted by atomic mass is 127. The zero-order valence-electron chi connectivity index (χ0n) is 12.7. The zero-order chi connectivity index (χ0) is 15.4. The Bertz CT molecular complexity index is 594. The molecule has 1 aromatic carbocycles. The fourth-order valence-corrected chi connectivity index (χ4v) is 4.87. The Hall–Kier alpha value is -0.780. The number of benzene rings is 1. The minimum atomic E-state index is -0.0754. The van der Waals surface area contributed by atoms with Crippen molar-refractivity contribution in [2.75, 3.05) is 0 Å². The molecule has 3 atom stereocenters. The van der Waals surface area contributed by atoms with E-state index in [1.807, 2.05) is 0 Å². The summed E-state index contributed by atoms with van der Waals surface area (Å²) in [6.07, 6.45) is 3.69. The second-order valence-corrected chi connectivity index (χ2v) is 8.65. The van der Waals surface area contributed by atoms with Gasteiger partial charge in [-0.3, -0.25) is 4.79 Å². The molecule has 2 saturated carbocycles. The van der Waals surface area contributed by atoms with Gasteiger partial charge in [-0.1, -0.05) is 20.8 Å². The summed E-state index contributed by atoms with van der Waals surface area (Å²) in [5.41, 5.74) is 0.901. The van der Waals surface area contributed by atoms with Gasteiger partial charge in [0.1, 0.15) is 5.75 Å². The molecule has 0 aliphatic heterocycles.